The highest BCUT2D eigenvalue weighted by Gasteiger charge is 2.32. The predicted octanol–water partition coefficient (Wildman–Crippen LogP) is 1.43. The van der Waals surface area contributed by atoms with Gasteiger partial charge in [-0.1, -0.05) is 24.3 Å². The van der Waals surface area contributed by atoms with Gasteiger partial charge in [0.15, 0.2) is 0 Å². The normalized spacial score (nSPS) is 15.1. The lowest BCUT2D eigenvalue weighted by Crippen LogP contribution is -2.38. The van der Waals surface area contributed by atoms with Crippen molar-refractivity contribution < 1.29 is 19.1 Å². The fraction of sp³-hybridized carbons (Fsp3) is 0.115. The Morgan fingerprint density at radius 2 is 1.47 bits per heavy atom. The molecule has 1 aliphatic rings. The molecule has 1 aliphatic heterocycles. The van der Waals surface area contributed by atoms with E-state index >= 15 is 0 Å². The Kier molecular flexibility index (Phi) is 6.55. The quantitative estimate of drug-likeness (QED) is 0.531. The summed E-state index contributed by atoms with van der Waals surface area (Å²) < 4.78 is 11.2. The van der Waals surface area contributed by atoms with Gasteiger partial charge >= 0.3 is 11.9 Å². The number of nitriles is 2. The van der Waals surface area contributed by atoms with Crippen LogP contribution in [0, 0.1) is 22.7 Å². The molecule has 0 saturated heterocycles. The third kappa shape index (κ3) is 4.06. The maximum absolute atomic E-state index is 13.2. The Bertz CT molecular complexity index is 1680. The zero-order chi connectivity index (χ0) is 26.0. The number of fused-ring (bicyclic) bond motifs is 1. The lowest BCUT2D eigenvalue weighted by molar-refractivity contribution is 0.0592. The van der Waals surface area contributed by atoms with E-state index in [0.29, 0.717) is 31.4 Å². The first-order valence-corrected chi connectivity index (χ1v) is 11.3. The Morgan fingerprint density at radius 3 is 1.97 bits per heavy atom. The molecule has 0 saturated carbocycles. The summed E-state index contributed by atoms with van der Waals surface area (Å²) in [5.41, 5.74) is 7.95. The van der Waals surface area contributed by atoms with Gasteiger partial charge in [-0.25, -0.2) is 9.59 Å². The molecule has 2 aromatic carbocycles. The third-order valence-corrected chi connectivity index (χ3v) is 6.79. The van der Waals surface area contributed by atoms with Crippen LogP contribution in [0.3, 0.4) is 0 Å². The standard InChI is InChI=1S/C26H18N4O5S/c1-34-25(32)16-5-3-14(4-6-16)11-20-23(31)30-22(29)18(12-27)21(19(13-28)24(30)36-20)15-7-9-17(10-8-15)26(33)35-2/h3-11,21H,29H2,1-2H3/b20-11+. The second-order valence-electron chi connectivity index (χ2n) is 7.65. The van der Waals surface area contributed by atoms with Crippen molar-refractivity contribution in [3.05, 3.63) is 95.9 Å². The monoisotopic (exact) mass is 498 g/mol. The molecule has 3 aromatic rings. The van der Waals surface area contributed by atoms with Crippen molar-refractivity contribution in [3.8, 4) is 12.1 Å². The molecule has 178 valence electrons. The average Bonchev–Trinajstić information content (AvgIpc) is 3.23. The highest BCUT2D eigenvalue weighted by molar-refractivity contribution is 7.07. The van der Waals surface area contributed by atoms with Crippen molar-refractivity contribution in [1.82, 2.24) is 4.57 Å². The van der Waals surface area contributed by atoms with Crippen LogP contribution in [-0.4, -0.2) is 30.7 Å². The molecule has 1 atom stereocenters. The van der Waals surface area contributed by atoms with Gasteiger partial charge in [-0.15, -0.1) is 11.3 Å². The van der Waals surface area contributed by atoms with Crippen LogP contribution < -0.4 is 20.5 Å². The largest absolute Gasteiger partial charge is 0.465 e. The zero-order valence-electron chi connectivity index (χ0n) is 19.1. The first kappa shape index (κ1) is 24.2. The van der Waals surface area contributed by atoms with Gasteiger partial charge in [0.05, 0.1) is 59.1 Å². The molecule has 1 unspecified atom stereocenters. The predicted molar refractivity (Wildman–Crippen MR) is 132 cm³/mol. The highest BCUT2D eigenvalue weighted by atomic mass is 32.1. The summed E-state index contributed by atoms with van der Waals surface area (Å²) in [6, 6.07) is 17.0. The molecule has 36 heavy (non-hydrogen) atoms. The Balaban J connectivity index is 1.90. The molecule has 1 aromatic heterocycles. The average molecular weight is 499 g/mol. The molecule has 2 heterocycles. The Hall–Kier alpha value is -4.93. The van der Waals surface area contributed by atoms with Crippen molar-refractivity contribution in [1.29, 1.82) is 10.5 Å². The summed E-state index contributed by atoms with van der Waals surface area (Å²) in [6.07, 6.45) is 1.62. The van der Waals surface area contributed by atoms with Gasteiger partial charge < -0.3 is 15.2 Å². The second kappa shape index (κ2) is 9.74. The molecule has 2 N–H and O–H groups in total. The van der Waals surface area contributed by atoms with E-state index in [-0.39, 0.29) is 17.0 Å². The summed E-state index contributed by atoms with van der Waals surface area (Å²) in [5, 5.41) is 19.9. The maximum atomic E-state index is 13.2. The first-order valence-electron chi connectivity index (χ1n) is 10.5. The van der Waals surface area contributed by atoms with Gasteiger partial charge in [0.1, 0.15) is 10.5 Å². The number of aromatic nitrogens is 1. The van der Waals surface area contributed by atoms with Crippen LogP contribution in [0.2, 0.25) is 0 Å². The highest BCUT2D eigenvalue weighted by Crippen LogP contribution is 2.35. The molecule has 0 amide bonds. The van der Waals surface area contributed by atoms with Crippen molar-refractivity contribution in [3.63, 3.8) is 0 Å². The molecule has 0 bridgehead atoms. The van der Waals surface area contributed by atoms with Gasteiger partial charge in [0.2, 0.25) is 0 Å². The molecule has 0 aliphatic carbocycles. The van der Waals surface area contributed by atoms with Crippen molar-refractivity contribution in [2.45, 2.75) is 5.92 Å². The topological polar surface area (TPSA) is 148 Å². The number of hydrogen-bond donors (Lipinski definition) is 1. The van der Waals surface area contributed by atoms with Crippen LogP contribution >= 0.6 is 11.3 Å². The van der Waals surface area contributed by atoms with E-state index in [0.717, 1.165) is 11.3 Å². The SMILES string of the molecule is COC(=O)c1ccc(/C=c2/sc3n(c2=O)C(N)=C(C#N)C(c2ccc(C(=O)OC)cc2)C=3C#N)cc1. The molecule has 0 spiro atoms. The molecule has 4 rings (SSSR count). The molecule has 0 fully saturated rings. The number of allylic oxidation sites excluding steroid dienone is 1. The van der Waals surface area contributed by atoms with Gasteiger partial charge in [0, 0.05) is 0 Å². The van der Waals surface area contributed by atoms with E-state index < -0.39 is 23.4 Å². The molecule has 10 heteroatoms. The fourth-order valence-corrected chi connectivity index (χ4v) is 5.03. The number of hydrogen-bond acceptors (Lipinski definition) is 9. The van der Waals surface area contributed by atoms with Crippen LogP contribution in [-0.2, 0) is 9.47 Å². The van der Waals surface area contributed by atoms with Crippen LogP contribution in [0.25, 0.3) is 17.5 Å². The lowest BCUT2D eigenvalue weighted by Gasteiger charge is -2.22. The molecule has 9 nitrogen and oxygen atoms in total. The van der Waals surface area contributed by atoms with Crippen molar-refractivity contribution >= 4 is 40.7 Å². The summed E-state index contributed by atoms with van der Waals surface area (Å²) in [4.78, 5) is 36.7. The van der Waals surface area contributed by atoms with Crippen LogP contribution in [0.4, 0.5) is 0 Å². The van der Waals surface area contributed by atoms with Gasteiger partial charge in [-0.05, 0) is 41.5 Å². The van der Waals surface area contributed by atoms with E-state index in [1.54, 1.807) is 42.5 Å². The van der Waals surface area contributed by atoms with Crippen LogP contribution in [0.1, 0.15) is 37.8 Å². The fourth-order valence-electron chi connectivity index (χ4n) is 3.90. The summed E-state index contributed by atoms with van der Waals surface area (Å²) in [7, 11) is 2.56. The summed E-state index contributed by atoms with van der Waals surface area (Å²) in [6.45, 7) is 0. The smallest absolute Gasteiger partial charge is 0.337 e. The third-order valence-electron chi connectivity index (χ3n) is 5.68. The summed E-state index contributed by atoms with van der Waals surface area (Å²) in [5.74, 6) is -1.86. The molecule has 0 radical (unpaired) electrons. The van der Waals surface area contributed by atoms with E-state index in [1.807, 2.05) is 6.07 Å². The minimum absolute atomic E-state index is 0.0544. The number of nitrogens with zero attached hydrogens (tertiary/aromatic N) is 3. The number of nitrogens with two attached hydrogens (primary N) is 1. The van der Waals surface area contributed by atoms with E-state index in [2.05, 4.69) is 6.07 Å². The maximum Gasteiger partial charge on any atom is 0.337 e. The lowest BCUT2D eigenvalue weighted by atomic mass is 9.84. The zero-order valence-corrected chi connectivity index (χ0v) is 20.0. The van der Waals surface area contributed by atoms with E-state index in [9.17, 15) is 24.9 Å². The first-order chi connectivity index (χ1) is 17.3. The number of methoxy groups -OCH3 is 2. The van der Waals surface area contributed by atoms with Crippen molar-refractivity contribution in [2.75, 3.05) is 14.2 Å². The van der Waals surface area contributed by atoms with E-state index in [1.165, 1.54) is 30.9 Å². The molecular weight excluding hydrogens is 480 g/mol. The minimum Gasteiger partial charge on any atom is -0.465 e. The molecular formula is C26H18N4O5S. The number of rotatable bonds is 4. The van der Waals surface area contributed by atoms with Crippen molar-refractivity contribution in [2.24, 2.45) is 5.73 Å². The number of esters is 2. The number of thiazole rings is 1. The van der Waals surface area contributed by atoms with Gasteiger partial charge in [-0.3, -0.25) is 9.36 Å². The number of benzene rings is 2. The number of carbonyl (C=O) groups is 2. The summed E-state index contributed by atoms with van der Waals surface area (Å²) >= 11 is 1.08. The number of carbonyl (C=O) groups excluding carboxylic acids is 2. The van der Waals surface area contributed by atoms with E-state index in [4.69, 9.17) is 15.2 Å². The Morgan fingerprint density at radius 1 is 0.944 bits per heavy atom. The van der Waals surface area contributed by atoms with Crippen LogP contribution in [0.5, 0.6) is 0 Å². The van der Waals surface area contributed by atoms with Crippen LogP contribution in [0.15, 0.2) is 58.9 Å². The van der Waals surface area contributed by atoms with Gasteiger partial charge in [-0.2, -0.15) is 10.5 Å². The Labute approximate surface area is 208 Å². The second-order valence-corrected chi connectivity index (χ2v) is 8.68. The van der Waals surface area contributed by atoms with Gasteiger partial charge in [0.25, 0.3) is 5.56 Å². The minimum atomic E-state index is -0.808. The number of ether oxygens (including phenoxy) is 2.